The highest BCUT2D eigenvalue weighted by molar-refractivity contribution is 7.84. The molecule has 1 heterocycles. The standard InChI is InChI=1S/C26H26N2OS/c29-30(20-22-12-4-1-5-13-22)19-11-10-18-28-21-27-25(23-14-6-2-7-15-23)26(28)24-16-8-3-9-17-24/h1-9,12-17,21H,10-11,18-20H2. The summed E-state index contributed by atoms with van der Waals surface area (Å²) in [4.78, 5) is 4.74. The van der Waals surface area contributed by atoms with Gasteiger partial charge in [0.25, 0.3) is 0 Å². The van der Waals surface area contributed by atoms with Gasteiger partial charge in [0, 0.05) is 40.0 Å². The summed E-state index contributed by atoms with van der Waals surface area (Å²) in [6, 6.07) is 30.8. The van der Waals surface area contributed by atoms with Crippen molar-refractivity contribution >= 4 is 10.8 Å². The first kappa shape index (κ1) is 20.3. The molecule has 0 bridgehead atoms. The fourth-order valence-electron chi connectivity index (χ4n) is 3.64. The van der Waals surface area contributed by atoms with E-state index >= 15 is 0 Å². The molecular formula is C26H26N2OS. The van der Waals surface area contributed by atoms with Gasteiger partial charge in [-0.05, 0) is 18.4 Å². The Morgan fingerprint density at radius 2 is 1.33 bits per heavy atom. The topological polar surface area (TPSA) is 34.9 Å². The monoisotopic (exact) mass is 414 g/mol. The van der Waals surface area contributed by atoms with E-state index in [1.807, 2.05) is 60.9 Å². The molecule has 4 heteroatoms. The molecule has 1 atom stereocenters. The Balaban J connectivity index is 1.43. The highest BCUT2D eigenvalue weighted by Gasteiger charge is 2.14. The lowest BCUT2D eigenvalue weighted by molar-refractivity contribution is 0.631. The van der Waals surface area contributed by atoms with Gasteiger partial charge in [-0.3, -0.25) is 4.21 Å². The number of nitrogens with zero attached hydrogens (tertiary/aromatic N) is 2. The van der Waals surface area contributed by atoms with E-state index in [-0.39, 0.29) is 0 Å². The number of rotatable bonds is 9. The van der Waals surface area contributed by atoms with E-state index in [2.05, 4.69) is 41.0 Å². The smallest absolute Gasteiger partial charge is 0.0963 e. The third kappa shape index (κ3) is 5.14. The number of benzene rings is 3. The second-order valence-electron chi connectivity index (χ2n) is 7.35. The summed E-state index contributed by atoms with van der Waals surface area (Å²) in [5.74, 6) is 1.37. The number of imidazole rings is 1. The lowest BCUT2D eigenvalue weighted by Crippen LogP contribution is -2.04. The first-order chi connectivity index (χ1) is 14.8. The Bertz CT molecular complexity index is 1080. The number of hydrogen-bond donors (Lipinski definition) is 0. The molecule has 4 rings (SSSR count). The predicted octanol–water partition coefficient (Wildman–Crippen LogP) is 5.95. The van der Waals surface area contributed by atoms with Crippen LogP contribution in [0.2, 0.25) is 0 Å². The molecule has 0 fully saturated rings. The van der Waals surface area contributed by atoms with Crippen LogP contribution >= 0.6 is 0 Å². The number of aryl methyl sites for hydroxylation is 1. The van der Waals surface area contributed by atoms with Crippen molar-refractivity contribution in [2.24, 2.45) is 0 Å². The summed E-state index contributed by atoms with van der Waals surface area (Å²) >= 11 is 0. The zero-order valence-electron chi connectivity index (χ0n) is 17.0. The molecular weight excluding hydrogens is 388 g/mol. The van der Waals surface area contributed by atoms with Gasteiger partial charge in [-0.1, -0.05) is 91.0 Å². The molecule has 0 aliphatic rings. The number of hydrogen-bond acceptors (Lipinski definition) is 2. The second-order valence-corrected chi connectivity index (χ2v) is 8.92. The van der Waals surface area contributed by atoms with Crippen LogP contribution in [-0.4, -0.2) is 19.5 Å². The molecule has 1 unspecified atom stereocenters. The van der Waals surface area contributed by atoms with Gasteiger partial charge in [0.05, 0.1) is 17.7 Å². The molecule has 30 heavy (non-hydrogen) atoms. The van der Waals surface area contributed by atoms with Crippen molar-refractivity contribution in [2.45, 2.75) is 25.1 Å². The SMILES string of the molecule is O=S(CCCCn1cnc(-c2ccccc2)c1-c1ccccc1)Cc1ccccc1. The van der Waals surface area contributed by atoms with Gasteiger partial charge in [0.1, 0.15) is 0 Å². The normalized spacial score (nSPS) is 12.0. The van der Waals surface area contributed by atoms with E-state index in [4.69, 9.17) is 4.98 Å². The maximum Gasteiger partial charge on any atom is 0.0963 e. The molecule has 0 spiro atoms. The minimum atomic E-state index is -0.820. The average molecular weight is 415 g/mol. The second kappa shape index (κ2) is 10.2. The zero-order chi connectivity index (χ0) is 20.6. The highest BCUT2D eigenvalue weighted by atomic mass is 32.2. The Labute approximate surface area is 180 Å². The van der Waals surface area contributed by atoms with Crippen LogP contribution in [0.5, 0.6) is 0 Å². The zero-order valence-corrected chi connectivity index (χ0v) is 17.8. The molecule has 0 aliphatic carbocycles. The van der Waals surface area contributed by atoms with Gasteiger partial charge < -0.3 is 4.57 Å². The summed E-state index contributed by atoms with van der Waals surface area (Å²) in [7, 11) is -0.820. The van der Waals surface area contributed by atoms with Gasteiger partial charge in [-0.15, -0.1) is 0 Å². The molecule has 0 aliphatic heterocycles. The predicted molar refractivity (Wildman–Crippen MR) is 125 cm³/mol. The van der Waals surface area contributed by atoms with Crippen molar-refractivity contribution < 1.29 is 4.21 Å². The molecule has 4 aromatic rings. The van der Waals surface area contributed by atoms with E-state index in [1.165, 1.54) is 5.56 Å². The number of unbranched alkanes of at least 4 members (excludes halogenated alkanes) is 1. The number of aromatic nitrogens is 2. The first-order valence-corrected chi connectivity index (χ1v) is 11.8. The Kier molecular flexibility index (Phi) is 6.88. The first-order valence-electron chi connectivity index (χ1n) is 10.4. The minimum Gasteiger partial charge on any atom is -0.330 e. The summed E-state index contributed by atoms with van der Waals surface area (Å²) < 4.78 is 14.6. The van der Waals surface area contributed by atoms with Gasteiger partial charge in [0.2, 0.25) is 0 Å². The largest absolute Gasteiger partial charge is 0.330 e. The molecule has 0 amide bonds. The highest BCUT2D eigenvalue weighted by Crippen LogP contribution is 2.31. The van der Waals surface area contributed by atoms with Gasteiger partial charge in [-0.25, -0.2) is 4.98 Å². The summed E-state index contributed by atoms with van der Waals surface area (Å²) in [6.45, 7) is 0.868. The van der Waals surface area contributed by atoms with Gasteiger partial charge in [-0.2, -0.15) is 0 Å². The van der Waals surface area contributed by atoms with E-state index < -0.39 is 10.8 Å². The molecule has 152 valence electrons. The Morgan fingerprint density at radius 1 is 0.733 bits per heavy atom. The van der Waals surface area contributed by atoms with E-state index in [1.54, 1.807) is 0 Å². The van der Waals surface area contributed by atoms with Crippen LogP contribution in [0.3, 0.4) is 0 Å². The minimum absolute atomic E-state index is 0.638. The summed E-state index contributed by atoms with van der Waals surface area (Å²) in [6.07, 6.45) is 3.85. The molecule has 3 nitrogen and oxygen atoms in total. The van der Waals surface area contributed by atoms with E-state index in [0.29, 0.717) is 5.75 Å². The maximum absolute atomic E-state index is 12.4. The van der Waals surface area contributed by atoms with Crippen molar-refractivity contribution in [3.63, 3.8) is 0 Å². The molecule has 0 N–H and O–H groups in total. The van der Waals surface area contributed by atoms with E-state index in [0.717, 1.165) is 47.7 Å². The van der Waals surface area contributed by atoms with Crippen LogP contribution in [0.1, 0.15) is 18.4 Å². The van der Waals surface area contributed by atoms with Crippen molar-refractivity contribution in [1.82, 2.24) is 9.55 Å². The van der Waals surface area contributed by atoms with Crippen LogP contribution in [0.25, 0.3) is 22.5 Å². The fraction of sp³-hybridized carbons (Fsp3) is 0.192. The van der Waals surface area contributed by atoms with Crippen molar-refractivity contribution in [3.8, 4) is 22.5 Å². The maximum atomic E-state index is 12.4. The van der Waals surface area contributed by atoms with Crippen molar-refractivity contribution in [2.75, 3.05) is 5.75 Å². The summed E-state index contributed by atoms with van der Waals surface area (Å²) in [5, 5.41) is 0. The molecule has 0 saturated heterocycles. The van der Waals surface area contributed by atoms with Crippen LogP contribution < -0.4 is 0 Å². The fourth-order valence-corrected chi connectivity index (χ4v) is 4.87. The molecule has 0 radical (unpaired) electrons. The van der Waals surface area contributed by atoms with Crippen molar-refractivity contribution in [1.29, 1.82) is 0 Å². The molecule has 1 aromatic heterocycles. The van der Waals surface area contributed by atoms with Crippen LogP contribution in [0, 0.1) is 0 Å². The average Bonchev–Trinajstić information content (AvgIpc) is 3.22. The lowest BCUT2D eigenvalue weighted by Gasteiger charge is -2.11. The van der Waals surface area contributed by atoms with Crippen molar-refractivity contribution in [3.05, 3.63) is 103 Å². The molecule has 3 aromatic carbocycles. The Morgan fingerprint density at radius 3 is 2.00 bits per heavy atom. The van der Waals surface area contributed by atoms with Crippen LogP contribution in [0.4, 0.5) is 0 Å². The van der Waals surface area contributed by atoms with Crippen LogP contribution in [-0.2, 0) is 23.1 Å². The third-order valence-corrected chi connectivity index (χ3v) is 6.52. The summed E-state index contributed by atoms with van der Waals surface area (Å²) in [5.41, 5.74) is 5.59. The third-order valence-electron chi connectivity index (χ3n) is 5.12. The Hall–Kier alpha value is -2.98. The quantitative estimate of drug-likeness (QED) is 0.317. The molecule has 0 saturated carbocycles. The van der Waals surface area contributed by atoms with Crippen LogP contribution in [0.15, 0.2) is 97.3 Å². The van der Waals surface area contributed by atoms with Gasteiger partial charge >= 0.3 is 0 Å². The van der Waals surface area contributed by atoms with Gasteiger partial charge in [0.15, 0.2) is 0 Å². The lowest BCUT2D eigenvalue weighted by atomic mass is 10.0. The van der Waals surface area contributed by atoms with E-state index in [9.17, 15) is 4.21 Å².